The predicted octanol–water partition coefficient (Wildman–Crippen LogP) is 2.98. The Bertz CT molecular complexity index is 381. The number of amides is 1. The molecule has 2 rings (SSSR count). The fourth-order valence-corrected chi connectivity index (χ4v) is 3.25. The number of rotatable bonds is 3. The van der Waals surface area contributed by atoms with Gasteiger partial charge in [0.2, 0.25) is 5.91 Å². The van der Waals surface area contributed by atoms with Crippen LogP contribution in [0.1, 0.15) is 57.8 Å². The first kappa shape index (κ1) is 15.1. The standard InChI is InChI=1S/C16H25NO3/c18-15(11-13-5-2-1-3-6-13)17-9-4-7-14(8-10-17)12-16(19)20/h11,14H,1-10,12H2,(H,19,20)/t14-/m1/s1. The van der Waals surface area contributed by atoms with Crippen molar-refractivity contribution in [2.75, 3.05) is 13.1 Å². The topological polar surface area (TPSA) is 57.6 Å². The first-order chi connectivity index (χ1) is 9.65. The summed E-state index contributed by atoms with van der Waals surface area (Å²) in [6.45, 7) is 1.49. The Morgan fingerprint density at radius 1 is 1.10 bits per heavy atom. The van der Waals surface area contributed by atoms with Gasteiger partial charge >= 0.3 is 5.97 Å². The maximum atomic E-state index is 12.3. The highest BCUT2D eigenvalue weighted by atomic mass is 16.4. The molecule has 1 N–H and O–H groups in total. The summed E-state index contributed by atoms with van der Waals surface area (Å²) in [7, 11) is 0. The van der Waals surface area contributed by atoms with Crippen LogP contribution in [0.3, 0.4) is 0 Å². The zero-order valence-electron chi connectivity index (χ0n) is 12.1. The Balaban J connectivity index is 1.86. The van der Waals surface area contributed by atoms with Crippen LogP contribution in [-0.2, 0) is 9.59 Å². The normalized spacial score (nSPS) is 24.1. The SMILES string of the molecule is O=C(O)C[C@@H]1CCCN(C(=O)C=C2CCCCC2)CC1. The molecular formula is C16H25NO3. The van der Waals surface area contributed by atoms with E-state index in [-0.39, 0.29) is 18.2 Å². The molecule has 0 radical (unpaired) electrons. The first-order valence-electron chi connectivity index (χ1n) is 7.85. The molecule has 1 amide bonds. The third-order valence-corrected chi connectivity index (χ3v) is 4.45. The number of carbonyl (C=O) groups excluding carboxylic acids is 1. The summed E-state index contributed by atoms with van der Waals surface area (Å²) in [4.78, 5) is 25.0. The van der Waals surface area contributed by atoms with Crippen molar-refractivity contribution >= 4 is 11.9 Å². The van der Waals surface area contributed by atoms with Gasteiger partial charge < -0.3 is 10.0 Å². The second kappa shape index (κ2) is 7.46. The summed E-state index contributed by atoms with van der Waals surface area (Å²) < 4.78 is 0. The van der Waals surface area contributed by atoms with Crippen LogP contribution in [0, 0.1) is 5.92 Å². The maximum absolute atomic E-state index is 12.3. The number of aliphatic carboxylic acids is 1. The smallest absolute Gasteiger partial charge is 0.303 e. The zero-order chi connectivity index (χ0) is 14.4. The van der Waals surface area contributed by atoms with E-state index in [1.54, 1.807) is 0 Å². The molecule has 2 aliphatic rings. The summed E-state index contributed by atoms with van der Waals surface area (Å²) in [5.74, 6) is -0.357. The van der Waals surface area contributed by atoms with Crippen molar-refractivity contribution in [2.45, 2.75) is 57.8 Å². The van der Waals surface area contributed by atoms with E-state index in [1.165, 1.54) is 24.8 Å². The predicted molar refractivity (Wildman–Crippen MR) is 77.3 cm³/mol. The Morgan fingerprint density at radius 3 is 2.55 bits per heavy atom. The lowest BCUT2D eigenvalue weighted by molar-refractivity contribution is -0.138. The minimum absolute atomic E-state index is 0.137. The molecule has 1 saturated heterocycles. The van der Waals surface area contributed by atoms with Gasteiger partial charge in [-0.25, -0.2) is 0 Å². The Hall–Kier alpha value is -1.32. The van der Waals surface area contributed by atoms with Crippen LogP contribution in [0.4, 0.5) is 0 Å². The highest BCUT2D eigenvalue weighted by Gasteiger charge is 2.21. The maximum Gasteiger partial charge on any atom is 0.303 e. The molecule has 0 unspecified atom stereocenters. The first-order valence-corrected chi connectivity index (χ1v) is 7.85. The van der Waals surface area contributed by atoms with Crippen LogP contribution in [0.2, 0.25) is 0 Å². The molecule has 1 atom stereocenters. The Labute approximate surface area is 120 Å². The van der Waals surface area contributed by atoms with E-state index >= 15 is 0 Å². The van der Waals surface area contributed by atoms with E-state index in [0.717, 1.165) is 38.6 Å². The average molecular weight is 279 g/mol. The summed E-state index contributed by atoms with van der Waals surface area (Å²) in [6.07, 6.45) is 10.6. The molecule has 4 heteroatoms. The molecular weight excluding hydrogens is 254 g/mol. The molecule has 2 fully saturated rings. The number of carboxylic acids is 1. The van der Waals surface area contributed by atoms with Gasteiger partial charge in [-0.2, -0.15) is 0 Å². The molecule has 112 valence electrons. The van der Waals surface area contributed by atoms with Crippen molar-refractivity contribution in [1.29, 1.82) is 0 Å². The van der Waals surface area contributed by atoms with Crippen molar-refractivity contribution < 1.29 is 14.7 Å². The van der Waals surface area contributed by atoms with Crippen molar-refractivity contribution in [3.63, 3.8) is 0 Å². The molecule has 4 nitrogen and oxygen atoms in total. The summed E-state index contributed by atoms with van der Waals surface area (Å²) in [5, 5.41) is 8.86. The molecule has 1 aliphatic heterocycles. The molecule has 1 heterocycles. The number of likely N-dealkylation sites (tertiary alicyclic amines) is 1. The summed E-state index contributed by atoms with van der Waals surface area (Å²) >= 11 is 0. The minimum atomic E-state index is -0.723. The molecule has 1 aliphatic carbocycles. The van der Waals surface area contributed by atoms with Crippen LogP contribution in [-0.4, -0.2) is 35.0 Å². The van der Waals surface area contributed by atoms with Gasteiger partial charge in [0.25, 0.3) is 0 Å². The van der Waals surface area contributed by atoms with Gasteiger partial charge in [-0.3, -0.25) is 9.59 Å². The van der Waals surface area contributed by atoms with Crippen molar-refractivity contribution in [1.82, 2.24) is 4.90 Å². The fourth-order valence-electron chi connectivity index (χ4n) is 3.25. The number of allylic oxidation sites excluding steroid dienone is 1. The average Bonchev–Trinajstić information content (AvgIpc) is 2.65. The number of nitrogens with zero attached hydrogens (tertiary/aromatic N) is 1. The summed E-state index contributed by atoms with van der Waals surface area (Å²) in [5.41, 5.74) is 1.30. The third-order valence-electron chi connectivity index (χ3n) is 4.45. The second-order valence-electron chi connectivity index (χ2n) is 6.08. The van der Waals surface area contributed by atoms with E-state index in [4.69, 9.17) is 5.11 Å². The van der Waals surface area contributed by atoms with Crippen LogP contribution < -0.4 is 0 Å². The van der Waals surface area contributed by atoms with Gasteiger partial charge in [0.1, 0.15) is 0 Å². The molecule has 20 heavy (non-hydrogen) atoms. The molecule has 0 bridgehead atoms. The lowest BCUT2D eigenvalue weighted by Gasteiger charge is -2.20. The molecule has 0 aromatic rings. The molecule has 0 aromatic carbocycles. The van der Waals surface area contributed by atoms with E-state index in [1.807, 2.05) is 11.0 Å². The molecule has 1 saturated carbocycles. The monoisotopic (exact) mass is 279 g/mol. The largest absolute Gasteiger partial charge is 0.481 e. The number of carboxylic acid groups (broad SMARTS) is 1. The zero-order valence-corrected chi connectivity index (χ0v) is 12.1. The van der Waals surface area contributed by atoms with Gasteiger partial charge in [-0.15, -0.1) is 0 Å². The van der Waals surface area contributed by atoms with Crippen LogP contribution in [0.15, 0.2) is 11.6 Å². The van der Waals surface area contributed by atoms with Gasteiger partial charge in [0.05, 0.1) is 0 Å². The van der Waals surface area contributed by atoms with E-state index in [9.17, 15) is 9.59 Å². The van der Waals surface area contributed by atoms with E-state index in [2.05, 4.69) is 0 Å². The fraction of sp³-hybridized carbons (Fsp3) is 0.750. The van der Waals surface area contributed by atoms with Gasteiger partial charge in [-0.1, -0.05) is 12.0 Å². The van der Waals surface area contributed by atoms with Crippen LogP contribution in [0.25, 0.3) is 0 Å². The number of hydrogen-bond acceptors (Lipinski definition) is 2. The highest BCUT2D eigenvalue weighted by Crippen LogP contribution is 2.24. The van der Waals surface area contributed by atoms with Gasteiger partial charge in [-0.05, 0) is 50.9 Å². The van der Waals surface area contributed by atoms with Crippen molar-refractivity contribution in [3.8, 4) is 0 Å². The van der Waals surface area contributed by atoms with Gasteiger partial charge in [0, 0.05) is 25.6 Å². The van der Waals surface area contributed by atoms with E-state index < -0.39 is 5.97 Å². The Kier molecular flexibility index (Phi) is 5.62. The van der Waals surface area contributed by atoms with E-state index in [0.29, 0.717) is 6.54 Å². The van der Waals surface area contributed by atoms with Crippen molar-refractivity contribution in [2.24, 2.45) is 5.92 Å². The minimum Gasteiger partial charge on any atom is -0.481 e. The van der Waals surface area contributed by atoms with Gasteiger partial charge in [0.15, 0.2) is 0 Å². The lowest BCUT2D eigenvalue weighted by Crippen LogP contribution is -2.31. The lowest BCUT2D eigenvalue weighted by atomic mass is 9.94. The number of hydrogen-bond donors (Lipinski definition) is 1. The van der Waals surface area contributed by atoms with Crippen LogP contribution >= 0.6 is 0 Å². The molecule has 0 aromatic heterocycles. The quantitative estimate of drug-likeness (QED) is 0.808. The van der Waals surface area contributed by atoms with Crippen molar-refractivity contribution in [3.05, 3.63) is 11.6 Å². The Morgan fingerprint density at radius 2 is 1.85 bits per heavy atom. The highest BCUT2D eigenvalue weighted by molar-refractivity contribution is 5.88. The second-order valence-corrected chi connectivity index (χ2v) is 6.08. The molecule has 0 spiro atoms. The summed E-state index contributed by atoms with van der Waals surface area (Å²) in [6, 6.07) is 0. The number of carbonyl (C=O) groups is 2. The third kappa shape index (κ3) is 4.66. The van der Waals surface area contributed by atoms with Crippen LogP contribution in [0.5, 0.6) is 0 Å².